The van der Waals surface area contributed by atoms with E-state index in [-0.39, 0.29) is 12.3 Å². The first-order valence-corrected chi connectivity index (χ1v) is 8.38. The largest absolute Gasteiger partial charge is 0.392 e. The van der Waals surface area contributed by atoms with Crippen LogP contribution < -0.4 is 4.72 Å². The summed E-state index contributed by atoms with van der Waals surface area (Å²) in [6.45, 7) is 2.19. The highest BCUT2D eigenvalue weighted by Gasteiger charge is 2.13. The summed E-state index contributed by atoms with van der Waals surface area (Å²) >= 11 is 0. The predicted octanol–water partition coefficient (Wildman–Crippen LogP) is 2.05. The van der Waals surface area contributed by atoms with E-state index in [9.17, 15) is 13.5 Å². The Morgan fingerprint density at radius 3 is 2.53 bits per heavy atom. The van der Waals surface area contributed by atoms with Crippen molar-refractivity contribution in [3.8, 4) is 0 Å². The number of benzene rings is 1. The van der Waals surface area contributed by atoms with Gasteiger partial charge < -0.3 is 5.11 Å². The van der Waals surface area contributed by atoms with Crippen LogP contribution in [0.3, 0.4) is 0 Å². The molecule has 0 bridgehead atoms. The van der Waals surface area contributed by atoms with Crippen molar-refractivity contribution < 1.29 is 13.5 Å². The van der Waals surface area contributed by atoms with E-state index >= 15 is 0 Å². The van der Waals surface area contributed by atoms with Crippen LogP contribution >= 0.6 is 0 Å². The van der Waals surface area contributed by atoms with Crippen LogP contribution in [0.5, 0.6) is 0 Å². The second-order valence-electron chi connectivity index (χ2n) is 4.74. The van der Waals surface area contributed by atoms with Crippen LogP contribution in [0.25, 0.3) is 0 Å². The monoisotopic (exact) mass is 285 g/mol. The highest BCUT2D eigenvalue weighted by molar-refractivity contribution is 7.88. The normalized spacial score (nSPS) is 13.4. The molecular formula is C14H23NO3S. The molecule has 0 saturated heterocycles. The number of aliphatic hydroxyl groups excluding tert-OH is 1. The Bertz CT molecular complexity index is 445. The number of sulfonamides is 1. The maximum absolute atomic E-state index is 11.8. The van der Waals surface area contributed by atoms with Crippen molar-refractivity contribution in [2.75, 3.05) is 6.54 Å². The summed E-state index contributed by atoms with van der Waals surface area (Å²) in [6, 6.07) is 9.02. The van der Waals surface area contributed by atoms with Gasteiger partial charge in [0.25, 0.3) is 0 Å². The van der Waals surface area contributed by atoms with E-state index in [1.807, 2.05) is 18.2 Å². The fourth-order valence-electron chi connectivity index (χ4n) is 1.80. The summed E-state index contributed by atoms with van der Waals surface area (Å²) in [5.74, 6) is -0.0461. The molecule has 1 aromatic carbocycles. The minimum atomic E-state index is -3.37. The first-order valence-electron chi connectivity index (χ1n) is 6.73. The molecule has 0 saturated carbocycles. The third-order valence-corrected chi connectivity index (χ3v) is 4.20. The average Bonchev–Trinajstić information content (AvgIpc) is 2.38. The van der Waals surface area contributed by atoms with Gasteiger partial charge in [0, 0.05) is 6.54 Å². The molecule has 108 valence electrons. The van der Waals surface area contributed by atoms with Gasteiger partial charge in [-0.15, -0.1) is 0 Å². The van der Waals surface area contributed by atoms with Gasteiger partial charge in [-0.05, 0) is 12.0 Å². The highest BCUT2D eigenvalue weighted by atomic mass is 32.2. The fraction of sp³-hybridized carbons (Fsp3) is 0.571. The molecule has 4 nitrogen and oxygen atoms in total. The Morgan fingerprint density at radius 1 is 1.21 bits per heavy atom. The Labute approximate surface area is 115 Å². The second-order valence-corrected chi connectivity index (χ2v) is 6.55. The van der Waals surface area contributed by atoms with E-state index in [2.05, 4.69) is 11.6 Å². The first-order chi connectivity index (χ1) is 9.03. The van der Waals surface area contributed by atoms with E-state index in [0.717, 1.165) is 24.8 Å². The van der Waals surface area contributed by atoms with Crippen LogP contribution in [-0.2, 0) is 15.8 Å². The molecule has 19 heavy (non-hydrogen) atoms. The average molecular weight is 285 g/mol. The molecule has 1 rings (SSSR count). The first kappa shape index (κ1) is 16.1. The zero-order chi connectivity index (χ0) is 14.1. The summed E-state index contributed by atoms with van der Waals surface area (Å²) in [6.07, 6.45) is 3.12. The molecule has 0 spiro atoms. The zero-order valence-corrected chi connectivity index (χ0v) is 12.2. The Balaban J connectivity index is 2.34. The number of nitrogens with one attached hydrogen (secondary N) is 1. The zero-order valence-electron chi connectivity index (χ0n) is 11.4. The van der Waals surface area contributed by atoms with Gasteiger partial charge in [-0.1, -0.05) is 56.5 Å². The molecule has 0 radical (unpaired) electrons. The van der Waals surface area contributed by atoms with Crippen LogP contribution in [0.2, 0.25) is 0 Å². The number of unbranched alkanes of at least 4 members (excludes halogenated alkanes) is 2. The molecule has 0 fully saturated rings. The van der Waals surface area contributed by atoms with Crippen molar-refractivity contribution in [1.82, 2.24) is 4.72 Å². The lowest BCUT2D eigenvalue weighted by atomic mass is 10.1. The third kappa shape index (κ3) is 7.30. The molecule has 0 amide bonds. The smallest absolute Gasteiger partial charge is 0.215 e. The maximum atomic E-state index is 11.8. The predicted molar refractivity (Wildman–Crippen MR) is 77.2 cm³/mol. The number of rotatable bonds is 9. The lowest BCUT2D eigenvalue weighted by Crippen LogP contribution is -2.33. The minimum absolute atomic E-state index is 0.0461. The summed E-state index contributed by atoms with van der Waals surface area (Å²) in [7, 11) is -3.37. The van der Waals surface area contributed by atoms with Crippen LogP contribution in [0.4, 0.5) is 0 Å². The van der Waals surface area contributed by atoms with Gasteiger partial charge in [-0.2, -0.15) is 0 Å². The quantitative estimate of drug-likeness (QED) is 0.682. The van der Waals surface area contributed by atoms with E-state index in [1.165, 1.54) is 0 Å². The molecule has 1 unspecified atom stereocenters. The topological polar surface area (TPSA) is 66.4 Å². The van der Waals surface area contributed by atoms with E-state index in [0.29, 0.717) is 6.42 Å². The second kappa shape index (κ2) is 8.30. The standard InChI is InChI=1S/C14H23NO3S/c1-2-3-5-10-14(16)11-15-19(17,18)12-13-8-6-4-7-9-13/h4,6-9,14-16H,2-3,5,10-12H2,1H3. The molecule has 1 atom stereocenters. The van der Waals surface area contributed by atoms with Gasteiger partial charge >= 0.3 is 0 Å². The van der Waals surface area contributed by atoms with Crippen molar-refractivity contribution in [3.63, 3.8) is 0 Å². The van der Waals surface area contributed by atoms with Crippen molar-refractivity contribution >= 4 is 10.0 Å². The van der Waals surface area contributed by atoms with Crippen LogP contribution in [0, 0.1) is 0 Å². The minimum Gasteiger partial charge on any atom is -0.392 e. The summed E-state index contributed by atoms with van der Waals surface area (Å²) < 4.78 is 26.1. The van der Waals surface area contributed by atoms with Gasteiger partial charge in [0.2, 0.25) is 10.0 Å². The Kier molecular flexibility index (Phi) is 7.05. The summed E-state index contributed by atoms with van der Waals surface area (Å²) in [5, 5.41) is 9.68. The molecule has 0 aliphatic heterocycles. The van der Waals surface area contributed by atoms with Gasteiger partial charge in [0.05, 0.1) is 11.9 Å². The van der Waals surface area contributed by atoms with E-state index in [1.54, 1.807) is 12.1 Å². The van der Waals surface area contributed by atoms with Gasteiger partial charge in [-0.3, -0.25) is 0 Å². The van der Waals surface area contributed by atoms with Crippen molar-refractivity contribution in [3.05, 3.63) is 35.9 Å². The number of hydrogen-bond acceptors (Lipinski definition) is 3. The van der Waals surface area contributed by atoms with Crippen molar-refractivity contribution in [1.29, 1.82) is 0 Å². The molecule has 0 aliphatic carbocycles. The summed E-state index contributed by atoms with van der Waals surface area (Å²) in [5.41, 5.74) is 0.746. The Morgan fingerprint density at radius 2 is 1.89 bits per heavy atom. The van der Waals surface area contributed by atoms with Crippen molar-refractivity contribution in [2.45, 2.75) is 44.5 Å². The molecule has 0 heterocycles. The summed E-state index contributed by atoms with van der Waals surface area (Å²) in [4.78, 5) is 0. The van der Waals surface area contributed by atoms with Crippen LogP contribution in [-0.4, -0.2) is 26.2 Å². The lowest BCUT2D eigenvalue weighted by molar-refractivity contribution is 0.164. The molecule has 0 aromatic heterocycles. The SMILES string of the molecule is CCCCCC(O)CNS(=O)(=O)Cc1ccccc1. The molecule has 5 heteroatoms. The van der Waals surface area contributed by atoms with Crippen LogP contribution in [0.15, 0.2) is 30.3 Å². The van der Waals surface area contributed by atoms with Gasteiger partial charge in [0.15, 0.2) is 0 Å². The molecule has 1 aromatic rings. The Hall–Kier alpha value is -0.910. The fourth-order valence-corrected chi connectivity index (χ4v) is 2.98. The van der Waals surface area contributed by atoms with Crippen molar-refractivity contribution in [2.24, 2.45) is 0 Å². The van der Waals surface area contributed by atoms with E-state index < -0.39 is 16.1 Å². The van der Waals surface area contributed by atoms with E-state index in [4.69, 9.17) is 0 Å². The maximum Gasteiger partial charge on any atom is 0.215 e. The lowest BCUT2D eigenvalue weighted by Gasteiger charge is -2.12. The number of aliphatic hydroxyl groups is 1. The van der Waals surface area contributed by atoms with Gasteiger partial charge in [0.1, 0.15) is 0 Å². The number of hydrogen-bond donors (Lipinski definition) is 2. The highest BCUT2D eigenvalue weighted by Crippen LogP contribution is 2.06. The molecular weight excluding hydrogens is 262 g/mol. The third-order valence-electron chi connectivity index (χ3n) is 2.88. The molecule has 2 N–H and O–H groups in total. The molecule has 0 aliphatic rings. The van der Waals surface area contributed by atoms with Gasteiger partial charge in [-0.25, -0.2) is 13.1 Å². The van der Waals surface area contributed by atoms with Crippen LogP contribution in [0.1, 0.15) is 38.2 Å².